The van der Waals surface area contributed by atoms with Gasteiger partial charge in [-0.05, 0) is 36.6 Å². The van der Waals surface area contributed by atoms with Crippen LogP contribution in [0.3, 0.4) is 0 Å². The third kappa shape index (κ3) is 2.53. The van der Waals surface area contributed by atoms with E-state index in [1.54, 1.807) is 6.07 Å². The molecule has 0 saturated carbocycles. The highest BCUT2D eigenvalue weighted by atomic mass is 19.1. The van der Waals surface area contributed by atoms with E-state index in [2.05, 4.69) is 4.90 Å². The normalized spacial score (nSPS) is 18.1. The van der Waals surface area contributed by atoms with Crippen LogP contribution < -0.4 is 0 Å². The zero-order valence-electron chi connectivity index (χ0n) is 10.5. The fraction of sp³-hybridized carbons (Fsp3) is 0.500. The second kappa shape index (κ2) is 5.48. The number of rotatable bonds is 5. The van der Waals surface area contributed by atoms with E-state index in [4.69, 9.17) is 5.11 Å². The van der Waals surface area contributed by atoms with Crippen LogP contribution >= 0.6 is 0 Å². The minimum absolute atomic E-state index is 0.134. The summed E-state index contributed by atoms with van der Waals surface area (Å²) < 4.78 is 13.6. The molecule has 1 aromatic carbocycles. The molecule has 98 valence electrons. The molecule has 2 rings (SSSR count). The lowest BCUT2D eigenvalue weighted by Gasteiger charge is -2.27. The Morgan fingerprint density at radius 3 is 3.00 bits per heavy atom. The number of hydrogen-bond acceptors (Lipinski definition) is 2. The van der Waals surface area contributed by atoms with Gasteiger partial charge in [0.15, 0.2) is 0 Å². The van der Waals surface area contributed by atoms with Gasteiger partial charge in [0.1, 0.15) is 5.82 Å². The van der Waals surface area contributed by atoms with Crippen molar-refractivity contribution >= 4 is 5.97 Å². The van der Waals surface area contributed by atoms with Crippen LogP contribution in [0.4, 0.5) is 4.39 Å². The third-order valence-electron chi connectivity index (χ3n) is 3.64. The first-order valence-corrected chi connectivity index (χ1v) is 6.36. The van der Waals surface area contributed by atoms with Crippen molar-refractivity contribution in [3.63, 3.8) is 0 Å². The molecule has 3 nitrogen and oxygen atoms in total. The van der Waals surface area contributed by atoms with E-state index in [-0.39, 0.29) is 18.3 Å². The summed E-state index contributed by atoms with van der Waals surface area (Å²) in [6, 6.07) is 5.35. The van der Waals surface area contributed by atoms with Crippen molar-refractivity contribution in [3.05, 3.63) is 35.1 Å². The van der Waals surface area contributed by atoms with E-state index in [1.807, 2.05) is 13.0 Å². The molecule has 1 N–H and O–H groups in total. The largest absolute Gasteiger partial charge is 0.481 e. The van der Waals surface area contributed by atoms with Crippen LogP contribution in [0.5, 0.6) is 0 Å². The highest BCUT2D eigenvalue weighted by Gasteiger charge is 2.28. The fourth-order valence-electron chi connectivity index (χ4n) is 2.74. The Labute approximate surface area is 106 Å². The van der Waals surface area contributed by atoms with E-state index < -0.39 is 5.97 Å². The standard InChI is InChI=1S/C14H18FNO2/c1-2-16(9-8-14(17)18)13-7-6-10-11(13)4-3-5-12(10)15/h3-5,13H,2,6-9H2,1H3,(H,17,18). The number of carbonyl (C=O) groups is 1. The highest BCUT2D eigenvalue weighted by molar-refractivity contribution is 5.66. The first-order valence-electron chi connectivity index (χ1n) is 6.36. The lowest BCUT2D eigenvalue weighted by atomic mass is 10.1. The number of carboxylic acid groups (broad SMARTS) is 1. The SMILES string of the molecule is CCN(CCC(=O)O)C1CCc2c(F)cccc21. The molecule has 1 aliphatic carbocycles. The monoisotopic (exact) mass is 251 g/mol. The Kier molecular flexibility index (Phi) is 3.97. The van der Waals surface area contributed by atoms with Crippen molar-refractivity contribution in [2.75, 3.05) is 13.1 Å². The molecule has 0 heterocycles. The number of benzene rings is 1. The Bertz CT molecular complexity index is 447. The van der Waals surface area contributed by atoms with Gasteiger partial charge in [-0.1, -0.05) is 19.1 Å². The first kappa shape index (κ1) is 13.0. The van der Waals surface area contributed by atoms with Crippen LogP contribution in [0.15, 0.2) is 18.2 Å². The van der Waals surface area contributed by atoms with E-state index in [9.17, 15) is 9.18 Å². The summed E-state index contributed by atoms with van der Waals surface area (Å²) in [5.41, 5.74) is 1.83. The Morgan fingerprint density at radius 2 is 2.33 bits per heavy atom. The smallest absolute Gasteiger partial charge is 0.304 e. The molecule has 1 aliphatic rings. The van der Waals surface area contributed by atoms with Crippen molar-refractivity contribution in [2.24, 2.45) is 0 Å². The lowest BCUT2D eigenvalue weighted by Crippen LogP contribution is -2.29. The number of hydrogen-bond donors (Lipinski definition) is 1. The molecule has 0 amide bonds. The molecule has 0 radical (unpaired) electrons. The van der Waals surface area contributed by atoms with E-state index in [0.29, 0.717) is 6.54 Å². The van der Waals surface area contributed by atoms with E-state index >= 15 is 0 Å². The molecular formula is C14H18FNO2. The number of fused-ring (bicyclic) bond motifs is 1. The average molecular weight is 251 g/mol. The second-order valence-electron chi connectivity index (χ2n) is 4.63. The number of aliphatic carboxylic acids is 1. The van der Waals surface area contributed by atoms with Crippen LogP contribution in [0.1, 0.15) is 36.9 Å². The lowest BCUT2D eigenvalue weighted by molar-refractivity contribution is -0.137. The van der Waals surface area contributed by atoms with Gasteiger partial charge in [-0.3, -0.25) is 9.69 Å². The predicted octanol–water partition coefficient (Wildman–Crippen LogP) is 2.61. The van der Waals surface area contributed by atoms with Gasteiger partial charge < -0.3 is 5.11 Å². The quantitative estimate of drug-likeness (QED) is 0.874. The van der Waals surface area contributed by atoms with Crippen molar-refractivity contribution in [1.82, 2.24) is 4.90 Å². The molecular weight excluding hydrogens is 233 g/mol. The van der Waals surface area contributed by atoms with E-state index in [1.165, 1.54) is 6.07 Å². The molecule has 0 bridgehead atoms. The Morgan fingerprint density at radius 1 is 1.56 bits per heavy atom. The zero-order valence-corrected chi connectivity index (χ0v) is 10.5. The van der Waals surface area contributed by atoms with Crippen LogP contribution in [0.25, 0.3) is 0 Å². The second-order valence-corrected chi connectivity index (χ2v) is 4.63. The minimum atomic E-state index is -0.786. The predicted molar refractivity (Wildman–Crippen MR) is 67.0 cm³/mol. The molecule has 1 unspecified atom stereocenters. The Balaban J connectivity index is 2.15. The average Bonchev–Trinajstić information content (AvgIpc) is 2.75. The number of nitrogens with zero attached hydrogens (tertiary/aromatic N) is 1. The molecule has 0 spiro atoms. The molecule has 0 saturated heterocycles. The molecule has 4 heteroatoms. The van der Waals surface area contributed by atoms with E-state index in [0.717, 1.165) is 30.5 Å². The van der Waals surface area contributed by atoms with Gasteiger partial charge in [-0.15, -0.1) is 0 Å². The highest BCUT2D eigenvalue weighted by Crippen LogP contribution is 2.36. The third-order valence-corrected chi connectivity index (χ3v) is 3.64. The molecule has 0 aromatic heterocycles. The molecule has 0 aliphatic heterocycles. The summed E-state index contributed by atoms with van der Waals surface area (Å²) in [6.45, 7) is 3.32. The van der Waals surface area contributed by atoms with Crippen LogP contribution in [0, 0.1) is 5.82 Å². The van der Waals surface area contributed by atoms with Crippen LogP contribution in [-0.2, 0) is 11.2 Å². The van der Waals surface area contributed by atoms with Gasteiger partial charge in [-0.25, -0.2) is 4.39 Å². The first-order chi connectivity index (χ1) is 8.63. The number of carboxylic acids is 1. The maximum absolute atomic E-state index is 13.6. The zero-order chi connectivity index (χ0) is 13.1. The summed E-state index contributed by atoms with van der Waals surface area (Å²) in [5.74, 6) is -0.921. The van der Waals surface area contributed by atoms with Gasteiger partial charge in [0, 0.05) is 12.6 Å². The molecule has 18 heavy (non-hydrogen) atoms. The maximum Gasteiger partial charge on any atom is 0.304 e. The van der Waals surface area contributed by atoms with Crippen molar-refractivity contribution in [1.29, 1.82) is 0 Å². The summed E-state index contributed by atoms with van der Waals surface area (Å²) in [6.07, 6.45) is 1.76. The van der Waals surface area contributed by atoms with Gasteiger partial charge >= 0.3 is 5.97 Å². The molecule has 0 fully saturated rings. The molecule has 1 atom stereocenters. The number of halogens is 1. The van der Waals surface area contributed by atoms with Gasteiger partial charge in [0.25, 0.3) is 0 Å². The van der Waals surface area contributed by atoms with Crippen LogP contribution in [-0.4, -0.2) is 29.1 Å². The van der Waals surface area contributed by atoms with Crippen molar-refractivity contribution in [3.8, 4) is 0 Å². The van der Waals surface area contributed by atoms with Gasteiger partial charge in [0.2, 0.25) is 0 Å². The minimum Gasteiger partial charge on any atom is -0.481 e. The van der Waals surface area contributed by atoms with Gasteiger partial charge in [-0.2, -0.15) is 0 Å². The Hall–Kier alpha value is -1.42. The van der Waals surface area contributed by atoms with Crippen LogP contribution in [0.2, 0.25) is 0 Å². The summed E-state index contributed by atoms with van der Waals surface area (Å²) in [4.78, 5) is 12.8. The van der Waals surface area contributed by atoms with Crippen molar-refractivity contribution < 1.29 is 14.3 Å². The maximum atomic E-state index is 13.6. The topological polar surface area (TPSA) is 40.5 Å². The summed E-state index contributed by atoms with van der Waals surface area (Å²) >= 11 is 0. The van der Waals surface area contributed by atoms with Gasteiger partial charge in [0.05, 0.1) is 6.42 Å². The van der Waals surface area contributed by atoms with Crippen molar-refractivity contribution in [2.45, 2.75) is 32.2 Å². The summed E-state index contributed by atoms with van der Waals surface area (Å²) in [7, 11) is 0. The fourth-order valence-corrected chi connectivity index (χ4v) is 2.74. The molecule has 1 aromatic rings. The summed E-state index contributed by atoms with van der Waals surface area (Å²) in [5, 5.41) is 8.75.